The summed E-state index contributed by atoms with van der Waals surface area (Å²) in [6, 6.07) is 12.0. The fourth-order valence-electron chi connectivity index (χ4n) is 3.78. The summed E-state index contributed by atoms with van der Waals surface area (Å²) in [7, 11) is 0. The van der Waals surface area contributed by atoms with E-state index in [2.05, 4.69) is 36.0 Å². The molecule has 0 aliphatic carbocycles. The first-order valence-corrected chi connectivity index (χ1v) is 12.6. The molecule has 8 heteroatoms. The molecule has 0 saturated carbocycles. The first-order valence-electron chi connectivity index (χ1n) is 11.7. The van der Waals surface area contributed by atoms with Crippen LogP contribution in [0.5, 0.6) is 5.88 Å². The number of carbonyl (C=O) groups excluding carboxylic acids is 1. The quantitative estimate of drug-likeness (QED) is 0.374. The van der Waals surface area contributed by atoms with Crippen molar-refractivity contribution in [2.75, 3.05) is 10.7 Å². The number of ether oxygens (including phenoxy) is 1. The van der Waals surface area contributed by atoms with Gasteiger partial charge in [0.2, 0.25) is 23.2 Å². The van der Waals surface area contributed by atoms with Gasteiger partial charge in [-0.1, -0.05) is 57.7 Å². The number of carbonyl (C=O) groups is 1. The molecular formula is C26H29FN4O2S. The molecule has 3 aromatic rings. The van der Waals surface area contributed by atoms with E-state index >= 15 is 0 Å². The number of thioether (sulfide) groups is 1. The highest BCUT2D eigenvalue weighted by Crippen LogP contribution is 2.44. The molecule has 0 radical (unpaired) electrons. The van der Waals surface area contributed by atoms with E-state index in [9.17, 15) is 9.18 Å². The molecule has 1 aliphatic heterocycles. The molecule has 0 fully saturated rings. The summed E-state index contributed by atoms with van der Waals surface area (Å²) in [6.07, 6.45) is 1.05. The van der Waals surface area contributed by atoms with E-state index < -0.39 is 6.23 Å². The Morgan fingerprint density at radius 2 is 1.91 bits per heavy atom. The Morgan fingerprint density at radius 3 is 2.59 bits per heavy atom. The van der Waals surface area contributed by atoms with E-state index in [-0.39, 0.29) is 11.7 Å². The van der Waals surface area contributed by atoms with Crippen molar-refractivity contribution >= 4 is 23.4 Å². The van der Waals surface area contributed by atoms with Gasteiger partial charge < -0.3 is 4.74 Å². The van der Waals surface area contributed by atoms with Crippen LogP contribution in [0.4, 0.5) is 10.1 Å². The van der Waals surface area contributed by atoms with Crippen molar-refractivity contribution in [2.24, 2.45) is 5.92 Å². The number of hydrogen-bond donors (Lipinski definition) is 0. The van der Waals surface area contributed by atoms with Gasteiger partial charge in [0.1, 0.15) is 5.82 Å². The van der Waals surface area contributed by atoms with Crippen LogP contribution in [0.15, 0.2) is 47.6 Å². The second-order valence-corrected chi connectivity index (χ2v) is 9.68. The Balaban J connectivity index is 1.91. The van der Waals surface area contributed by atoms with Crippen LogP contribution in [-0.4, -0.2) is 26.8 Å². The highest BCUT2D eigenvalue weighted by molar-refractivity contribution is 7.99. The Labute approximate surface area is 204 Å². The van der Waals surface area contributed by atoms with Crippen molar-refractivity contribution in [3.05, 3.63) is 59.4 Å². The Hall–Kier alpha value is -3.00. The summed E-state index contributed by atoms with van der Waals surface area (Å²) in [6.45, 7) is 8.30. The minimum atomic E-state index is -0.813. The monoisotopic (exact) mass is 480 g/mol. The predicted molar refractivity (Wildman–Crippen MR) is 132 cm³/mol. The summed E-state index contributed by atoms with van der Waals surface area (Å²) in [5.74, 6) is 1.19. The molecular weight excluding hydrogens is 451 g/mol. The lowest BCUT2D eigenvalue weighted by Crippen LogP contribution is -2.37. The maximum Gasteiger partial charge on any atom is 0.247 e. The summed E-state index contributed by atoms with van der Waals surface area (Å²) in [5.41, 5.74) is 3.69. The lowest BCUT2D eigenvalue weighted by Gasteiger charge is -2.31. The van der Waals surface area contributed by atoms with Crippen molar-refractivity contribution in [1.82, 2.24) is 15.2 Å². The molecule has 1 aromatic heterocycles. The number of benzene rings is 2. The summed E-state index contributed by atoms with van der Waals surface area (Å²) in [4.78, 5) is 19.8. The minimum absolute atomic E-state index is 0.0857. The van der Waals surface area contributed by atoms with E-state index in [0.29, 0.717) is 46.7 Å². The fraction of sp³-hybridized carbons (Fsp3) is 0.385. The van der Waals surface area contributed by atoms with Crippen LogP contribution in [0.3, 0.4) is 0 Å². The van der Waals surface area contributed by atoms with Crippen LogP contribution >= 0.6 is 11.8 Å². The maximum atomic E-state index is 13.7. The number of anilines is 1. The summed E-state index contributed by atoms with van der Waals surface area (Å²) in [5, 5.41) is 9.36. The van der Waals surface area contributed by atoms with Crippen molar-refractivity contribution < 1.29 is 13.9 Å². The van der Waals surface area contributed by atoms with Gasteiger partial charge in [-0.25, -0.2) is 4.39 Å². The average Bonchev–Trinajstić information content (AvgIpc) is 2.97. The number of aryl methyl sites for hydroxylation is 1. The van der Waals surface area contributed by atoms with E-state index in [1.54, 1.807) is 17.0 Å². The minimum Gasteiger partial charge on any atom is -0.447 e. The number of nitrogens with zero attached hydrogens (tertiary/aromatic N) is 4. The van der Waals surface area contributed by atoms with Crippen LogP contribution in [0.25, 0.3) is 11.3 Å². The summed E-state index contributed by atoms with van der Waals surface area (Å²) >= 11 is 1.52. The highest BCUT2D eigenvalue weighted by Gasteiger charge is 2.35. The van der Waals surface area contributed by atoms with E-state index in [1.807, 2.05) is 25.1 Å². The molecule has 1 amide bonds. The number of amides is 1. The van der Waals surface area contributed by atoms with Gasteiger partial charge in [-0.05, 0) is 48.6 Å². The molecule has 0 unspecified atom stereocenters. The summed E-state index contributed by atoms with van der Waals surface area (Å²) < 4.78 is 20.1. The molecule has 0 bridgehead atoms. The van der Waals surface area contributed by atoms with Gasteiger partial charge in [-0.15, -0.1) is 10.2 Å². The van der Waals surface area contributed by atoms with Crippen molar-refractivity contribution in [3.63, 3.8) is 0 Å². The Bertz CT molecular complexity index is 1170. The molecule has 0 spiro atoms. The van der Waals surface area contributed by atoms with Crippen molar-refractivity contribution in [1.29, 1.82) is 0 Å². The number of halogens is 1. The zero-order valence-electron chi connectivity index (χ0n) is 19.9. The normalized spacial score (nSPS) is 14.9. The zero-order chi connectivity index (χ0) is 24.2. The van der Waals surface area contributed by atoms with Gasteiger partial charge in [-0.3, -0.25) is 9.69 Å². The molecule has 1 aliphatic rings. The number of rotatable bonds is 7. The molecule has 178 valence electrons. The third kappa shape index (κ3) is 5.06. The molecule has 0 N–H and O–H groups in total. The Kier molecular flexibility index (Phi) is 7.46. The number of fused-ring (bicyclic) bond motifs is 3. The van der Waals surface area contributed by atoms with Gasteiger partial charge >= 0.3 is 0 Å². The highest BCUT2D eigenvalue weighted by atomic mass is 32.2. The molecule has 0 saturated heterocycles. The van der Waals surface area contributed by atoms with Crippen LogP contribution in [0.1, 0.15) is 57.9 Å². The van der Waals surface area contributed by atoms with E-state index in [1.165, 1.54) is 23.9 Å². The SMILES string of the molecule is CCCC(=O)N1c2ccc(CC)cc2-c2nnc(SCC(C)C)nc2O[C@@H]1c1ccc(F)cc1. The predicted octanol–water partition coefficient (Wildman–Crippen LogP) is 6.21. The van der Waals surface area contributed by atoms with Crippen molar-refractivity contribution in [3.8, 4) is 17.1 Å². The lowest BCUT2D eigenvalue weighted by atomic mass is 10.0. The number of aromatic nitrogens is 3. The smallest absolute Gasteiger partial charge is 0.247 e. The standard InChI is InChI=1S/C26H29FN4O2S/c1-5-7-22(32)31-21-13-8-17(6-2)14-20(21)23-24(28-26(30-29-23)34-15-16(3)4)33-25(31)18-9-11-19(27)12-10-18/h8-14,16,25H,5-7,15H2,1-4H3/t25-/m1/s1. The van der Waals surface area contributed by atoms with Crippen molar-refractivity contribution in [2.45, 2.75) is 58.3 Å². The molecule has 4 rings (SSSR count). The Morgan fingerprint density at radius 1 is 1.15 bits per heavy atom. The zero-order valence-corrected chi connectivity index (χ0v) is 20.7. The first-order chi connectivity index (χ1) is 16.4. The second kappa shape index (κ2) is 10.5. The number of hydrogen-bond acceptors (Lipinski definition) is 6. The topological polar surface area (TPSA) is 68.2 Å². The molecule has 2 aromatic carbocycles. The first kappa shape index (κ1) is 24.1. The van der Waals surface area contributed by atoms with Crippen LogP contribution < -0.4 is 9.64 Å². The third-order valence-electron chi connectivity index (χ3n) is 5.51. The van der Waals surface area contributed by atoms with Gasteiger partial charge in [0.05, 0.1) is 5.69 Å². The third-order valence-corrected chi connectivity index (χ3v) is 6.77. The largest absolute Gasteiger partial charge is 0.447 e. The van der Waals surface area contributed by atoms with E-state index in [0.717, 1.165) is 23.3 Å². The molecule has 2 heterocycles. The van der Waals surface area contributed by atoms with Gasteiger partial charge in [0, 0.05) is 23.3 Å². The lowest BCUT2D eigenvalue weighted by molar-refractivity contribution is -0.120. The maximum absolute atomic E-state index is 13.7. The van der Waals surface area contributed by atoms with Gasteiger partial charge in [-0.2, -0.15) is 4.98 Å². The fourth-order valence-corrected chi connectivity index (χ4v) is 4.51. The van der Waals surface area contributed by atoms with Crippen LogP contribution in [0.2, 0.25) is 0 Å². The second-order valence-electron chi connectivity index (χ2n) is 8.69. The van der Waals surface area contributed by atoms with Gasteiger partial charge in [0.15, 0.2) is 5.69 Å². The molecule has 34 heavy (non-hydrogen) atoms. The van der Waals surface area contributed by atoms with E-state index in [4.69, 9.17) is 4.74 Å². The van der Waals surface area contributed by atoms with Crippen LogP contribution in [0, 0.1) is 11.7 Å². The molecule has 6 nitrogen and oxygen atoms in total. The molecule has 1 atom stereocenters. The average molecular weight is 481 g/mol. The van der Waals surface area contributed by atoms with Gasteiger partial charge in [0.25, 0.3) is 0 Å². The van der Waals surface area contributed by atoms with Crippen LogP contribution in [-0.2, 0) is 11.2 Å².